The highest BCUT2D eigenvalue weighted by Crippen LogP contribution is 2.04. The van der Waals surface area contributed by atoms with Crippen molar-refractivity contribution in [1.82, 2.24) is 0 Å². The van der Waals surface area contributed by atoms with E-state index < -0.39 is 0 Å². The van der Waals surface area contributed by atoms with Crippen LogP contribution in [0.3, 0.4) is 0 Å². The summed E-state index contributed by atoms with van der Waals surface area (Å²) in [5, 5.41) is 0. The Morgan fingerprint density at radius 1 is 0.522 bits per heavy atom. The van der Waals surface area contributed by atoms with Crippen LogP contribution in [-0.4, -0.2) is 25.5 Å². The lowest BCUT2D eigenvalue weighted by atomic mass is 10.1. The number of hydrogen-bond acceptors (Lipinski definition) is 2. The van der Waals surface area contributed by atoms with Gasteiger partial charge in [-0.15, -0.1) is 0 Å². The quantitative estimate of drug-likeness (QED) is 0.427. The average Bonchev–Trinajstić information content (AvgIpc) is 2.61. The van der Waals surface area contributed by atoms with Gasteiger partial charge in [0.25, 0.3) is 0 Å². The molecule has 0 unspecified atom stereocenters. The second kappa shape index (κ2) is 11.4. The zero-order valence-corrected chi connectivity index (χ0v) is 13.8. The third kappa shape index (κ3) is 8.10. The first-order valence-electron chi connectivity index (χ1n) is 8.55. The third-order valence-electron chi connectivity index (χ3n) is 3.65. The van der Waals surface area contributed by atoms with Gasteiger partial charge in [0.05, 0.1) is 0 Å². The van der Waals surface area contributed by atoms with Crippen LogP contribution in [0.25, 0.3) is 0 Å². The summed E-state index contributed by atoms with van der Waals surface area (Å²) in [4.78, 5) is 8.95. The van der Waals surface area contributed by atoms with E-state index in [2.05, 4.69) is 34.3 Å². The van der Waals surface area contributed by atoms with E-state index in [9.17, 15) is 0 Å². The summed E-state index contributed by atoms with van der Waals surface area (Å²) in [6.45, 7) is 1.86. The van der Waals surface area contributed by atoms with Gasteiger partial charge in [-0.05, 0) is 24.0 Å². The standard InChI is InChI=1S/C21H26N2/c1(2-10-16-22-18-20-12-6-4-7-13-20)3-11-17-23-19-21-14-8-5-9-15-21/h4-9,12-15,18-19H,1-3,10-11,16-17H2/b22-18-,23-19+. The number of nitrogens with zero attached hydrogens (tertiary/aromatic N) is 2. The molecule has 2 heteroatoms. The Bertz CT molecular complexity index is 520. The predicted octanol–water partition coefficient (Wildman–Crippen LogP) is 5.18. The summed E-state index contributed by atoms with van der Waals surface area (Å²) in [6, 6.07) is 20.6. The molecule has 0 bridgehead atoms. The third-order valence-corrected chi connectivity index (χ3v) is 3.65. The Morgan fingerprint density at radius 2 is 0.913 bits per heavy atom. The number of rotatable bonds is 10. The monoisotopic (exact) mass is 306 g/mol. The molecule has 0 aliphatic heterocycles. The summed E-state index contributed by atoms with van der Waals surface area (Å²) in [5.74, 6) is 0. The zero-order valence-electron chi connectivity index (χ0n) is 13.8. The van der Waals surface area contributed by atoms with E-state index in [-0.39, 0.29) is 0 Å². The fourth-order valence-electron chi connectivity index (χ4n) is 2.35. The molecular weight excluding hydrogens is 280 g/mol. The Balaban J connectivity index is 1.44. The maximum absolute atomic E-state index is 4.47. The maximum atomic E-state index is 4.47. The highest BCUT2D eigenvalue weighted by atomic mass is 14.7. The number of benzene rings is 2. The lowest BCUT2D eigenvalue weighted by Crippen LogP contribution is -1.88. The molecule has 23 heavy (non-hydrogen) atoms. The van der Waals surface area contributed by atoms with Crippen molar-refractivity contribution in [3.8, 4) is 0 Å². The van der Waals surface area contributed by atoms with Crippen LogP contribution < -0.4 is 0 Å². The summed E-state index contributed by atoms with van der Waals surface area (Å²) in [6.07, 6.45) is 10.1. The van der Waals surface area contributed by atoms with Crippen LogP contribution in [0.1, 0.15) is 43.2 Å². The van der Waals surface area contributed by atoms with Gasteiger partial charge in [-0.1, -0.05) is 79.9 Å². The van der Waals surface area contributed by atoms with Crippen molar-refractivity contribution in [1.29, 1.82) is 0 Å². The van der Waals surface area contributed by atoms with Gasteiger partial charge in [0.2, 0.25) is 0 Å². The topological polar surface area (TPSA) is 24.7 Å². The smallest absolute Gasteiger partial charge is 0.0389 e. The van der Waals surface area contributed by atoms with Crippen molar-refractivity contribution in [2.24, 2.45) is 9.98 Å². The van der Waals surface area contributed by atoms with E-state index in [0.717, 1.165) is 13.1 Å². The second-order valence-corrected chi connectivity index (χ2v) is 5.66. The van der Waals surface area contributed by atoms with E-state index in [1.54, 1.807) is 0 Å². The minimum absolute atomic E-state index is 0.932. The van der Waals surface area contributed by atoms with E-state index in [1.165, 1.54) is 43.2 Å². The molecule has 0 spiro atoms. The minimum Gasteiger partial charge on any atom is -0.293 e. The van der Waals surface area contributed by atoms with Gasteiger partial charge in [0, 0.05) is 25.5 Å². The molecule has 0 radical (unpaired) electrons. The molecule has 0 N–H and O–H groups in total. The van der Waals surface area contributed by atoms with Crippen LogP contribution in [0.15, 0.2) is 70.6 Å². The molecule has 0 saturated heterocycles. The lowest BCUT2D eigenvalue weighted by Gasteiger charge is -1.98. The van der Waals surface area contributed by atoms with Gasteiger partial charge in [-0.25, -0.2) is 0 Å². The second-order valence-electron chi connectivity index (χ2n) is 5.66. The Labute approximate surface area is 140 Å². The van der Waals surface area contributed by atoms with Crippen molar-refractivity contribution in [2.45, 2.75) is 32.1 Å². The van der Waals surface area contributed by atoms with E-state index in [4.69, 9.17) is 0 Å². The van der Waals surface area contributed by atoms with Crippen LogP contribution in [0.5, 0.6) is 0 Å². The highest BCUT2D eigenvalue weighted by molar-refractivity contribution is 5.79. The van der Waals surface area contributed by atoms with Crippen LogP contribution in [-0.2, 0) is 0 Å². The molecule has 0 aliphatic rings. The SMILES string of the molecule is C(=N/CCCCCCC/N=C/c1ccccc1)/c1ccccc1. The molecule has 2 aromatic rings. The van der Waals surface area contributed by atoms with Crippen LogP contribution in [0.4, 0.5) is 0 Å². The molecule has 0 fully saturated rings. The molecule has 0 saturated carbocycles. The van der Waals surface area contributed by atoms with Crippen LogP contribution in [0, 0.1) is 0 Å². The fourth-order valence-corrected chi connectivity index (χ4v) is 2.35. The van der Waals surface area contributed by atoms with Gasteiger partial charge in [-0.3, -0.25) is 9.98 Å². The van der Waals surface area contributed by atoms with Crippen LogP contribution in [0.2, 0.25) is 0 Å². The first-order valence-corrected chi connectivity index (χ1v) is 8.55. The van der Waals surface area contributed by atoms with Crippen molar-refractivity contribution in [3.05, 3.63) is 71.8 Å². The minimum atomic E-state index is 0.932. The Kier molecular flexibility index (Phi) is 8.47. The van der Waals surface area contributed by atoms with E-state index in [0.29, 0.717) is 0 Å². The van der Waals surface area contributed by atoms with Gasteiger partial charge in [0.15, 0.2) is 0 Å². The van der Waals surface area contributed by atoms with E-state index in [1.807, 2.05) is 48.8 Å². The number of aliphatic imine (C=N–C) groups is 2. The molecular formula is C21H26N2. The molecule has 0 aromatic heterocycles. The van der Waals surface area contributed by atoms with Crippen molar-refractivity contribution in [2.75, 3.05) is 13.1 Å². The van der Waals surface area contributed by atoms with Gasteiger partial charge in [-0.2, -0.15) is 0 Å². The predicted molar refractivity (Wildman–Crippen MR) is 101 cm³/mol. The van der Waals surface area contributed by atoms with Gasteiger partial charge in [0.1, 0.15) is 0 Å². The molecule has 0 heterocycles. The van der Waals surface area contributed by atoms with E-state index >= 15 is 0 Å². The van der Waals surface area contributed by atoms with Gasteiger partial charge < -0.3 is 0 Å². The summed E-state index contributed by atoms with van der Waals surface area (Å²) >= 11 is 0. The number of unbranched alkanes of at least 4 members (excludes halogenated alkanes) is 4. The molecule has 0 aliphatic carbocycles. The lowest BCUT2D eigenvalue weighted by molar-refractivity contribution is 0.625. The molecule has 120 valence electrons. The highest BCUT2D eigenvalue weighted by Gasteiger charge is 1.90. The summed E-state index contributed by atoms with van der Waals surface area (Å²) in [7, 11) is 0. The summed E-state index contributed by atoms with van der Waals surface area (Å²) in [5.41, 5.74) is 2.37. The van der Waals surface area contributed by atoms with Crippen molar-refractivity contribution in [3.63, 3.8) is 0 Å². The molecule has 2 nitrogen and oxygen atoms in total. The molecule has 0 atom stereocenters. The van der Waals surface area contributed by atoms with Crippen molar-refractivity contribution >= 4 is 12.4 Å². The van der Waals surface area contributed by atoms with Gasteiger partial charge >= 0.3 is 0 Å². The Morgan fingerprint density at radius 3 is 1.35 bits per heavy atom. The summed E-state index contributed by atoms with van der Waals surface area (Å²) < 4.78 is 0. The normalized spacial score (nSPS) is 11.5. The first kappa shape index (κ1) is 17.1. The largest absolute Gasteiger partial charge is 0.293 e. The van der Waals surface area contributed by atoms with Crippen LogP contribution >= 0.6 is 0 Å². The average molecular weight is 306 g/mol. The van der Waals surface area contributed by atoms with Crippen molar-refractivity contribution < 1.29 is 0 Å². The number of hydrogen-bond donors (Lipinski definition) is 0. The zero-order chi connectivity index (χ0) is 16.0. The molecule has 0 amide bonds. The molecule has 2 rings (SSSR count). The fraction of sp³-hybridized carbons (Fsp3) is 0.333. The molecule has 2 aromatic carbocycles. The first-order chi connectivity index (χ1) is 11.4. The Hall–Kier alpha value is -2.22. The maximum Gasteiger partial charge on any atom is 0.0389 e.